The molecule has 2 nitrogen and oxygen atoms in total. The van der Waals surface area contributed by atoms with E-state index in [1.807, 2.05) is 17.9 Å². The predicted molar refractivity (Wildman–Crippen MR) is 77.9 cm³/mol. The highest BCUT2D eigenvalue weighted by Crippen LogP contribution is 2.24. The SMILES string of the molecule is Cn1nccc1-c1ccccc1Cc1ccccc1. The average molecular weight is 248 g/mol. The number of aromatic nitrogens is 2. The molecule has 19 heavy (non-hydrogen) atoms. The number of rotatable bonds is 3. The van der Waals surface area contributed by atoms with E-state index >= 15 is 0 Å². The molecule has 0 saturated carbocycles. The van der Waals surface area contributed by atoms with E-state index in [4.69, 9.17) is 0 Å². The molecule has 0 unspecified atom stereocenters. The third kappa shape index (κ3) is 2.43. The van der Waals surface area contributed by atoms with E-state index in [1.165, 1.54) is 16.7 Å². The van der Waals surface area contributed by atoms with Crippen LogP contribution in [0.4, 0.5) is 0 Å². The van der Waals surface area contributed by atoms with E-state index in [1.54, 1.807) is 0 Å². The van der Waals surface area contributed by atoms with E-state index in [9.17, 15) is 0 Å². The summed E-state index contributed by atoms with van der Waals surface area (Å²) in [5.74, 6) is 0. The summed E-state index contributed by atoms with van der Waals surface area (Å²) in [7, 11) is 1.98. The lowest BCUT2D eigenvalue weighted by Crippen LogP contribution is -1.97. The molecule has 0 spiro atoms. The second kappa shape index (κ2) is 5.11. The smallest absolute Gasteiger partial charge is 0.0681 e. The van der Waals surface area contributed by atoms with Crippen LogP contribution < -0.4 is 0 Å². The fourth-order valence-electron chi connectivity index (χ4n) is 2.38. The number of benzene rings is 2. The van der Waals surface area contributed by atoms with E-state index in [-0.39, 0.29) is 0 Å². The molecule has 0 fully saturated rings. The molecular weight excluding hydrogens is 232 g/mol. The van der Waals surface area contributed by atoms with Crippen LogP contribution in [0.2, 0.25) is 0 Å². The third-order valence-electron chi connectivity index (χ3n) is 3.35. The van der Waals surface area contributed by atoms with Gasteiger partial charge in [-0.1, -0.05) is 54.6 Å². The molecule has 3 aromatic rings. The first-order chi connectivity index (χ1) is 9.34. The molecule has 0 aliphatic heterocycles. The average Bonchev–Trinajstić information content (AvgIpc) is 2.87. The van der Waals surface area contributed by atoms with Crippen LogP contribution in [0, 0.1) is 0 Å². The van der Waals surface area contributed by atoms with Crippen LogP contribution in [0.5, 0.6) is 0 Å². The summed E-state index contributed by atoms with van der Waals surface area (Å²) in [6.45, 7) is 0. The Morgan fingerprint density at radius 2 is 1.63 bits per heavy atom. The van der Waals surface area contributed by atoms with Gasteiger partial charge in [0.25, 0.3) is 0 Å². The number of aryl methyl sites for hydroxylation is 1. The molecule has 0 atom stereocenters. The fraction of sp³-hybridized carbons (Fsp3) is 0.118. The Morgan fingerprint density at radius 1 is 0.895 bits per heavy atom. The zero-order valence-corrected chi connectivity index (χ0v) is 11.0. The molecule has 0 N–H and O–H groups in total. The van der Waals surface area contributed by atoms with Crippen molar-refractivity contribution in [2.45, 2.75) is 6.42 Å². The molecular formula is C17H16N2. The third-order valence-corrected chi connectivity index (χ3v) is 3.35. The second-order valence-electron chi connectivity index (χ2n) is 4.66. The first-order valence-corrected chi connectivity index (χ1v) is 6.45. The molecule has 1 heterocycles. The molecule has 0 aliphatic rings. The first-order valence-electron chi connectivity index (χ1n) is 6.45. The van der Waals surface area contributed by atoms with Crippen molar-refractivity contribution in [2.24, 2.45) is 7.05 Å². The molecule has 0 aliphatic carbocycles. The van der Waals surface area contributed by atoms with Gasteiger partial charge in [-0.3, -0.25) is 4.68 Å². The van der Waals surface area contributed by atoms with Gasteiger partial charge in [-0.15, -0.1) is 0 Å². The lowest BCUT2D eigenvalue weighted by atomic mass is 9.98. The van der Waals surface area contributed by atoms with Crippen molar-refractivity contribution in [1.29, 1.82) is 0 Å². The molecule has 2 aromatic carbocycles. The molecule has 0 bridgehead atoms. The van der Waals surface area contributed by atoms with Crippen molar-refractivity contribution in [3.05, 3.63) is 78.0 Å². The highest BCUT2D eigenvalue weighted by atomic mass is 15.3. The maximum atomic E-state index is 4.26. The van der Waals surface area contributed by atoms with E-state index < -0.39 is 0 Å². The fourth-order valence-corrected chi connectivity index (χ4v) is 2.38. The monoisotopic (exact) mass is 248 g/mol. The Morgan fingerprint density at radius 3 is 2.37 bits per heavy atom. The van der Waals surface area contributed by atoms with Gasteiger partial charge >= 0.3 is 0 Å². The lowest BCUT2D eigenvalue weighted by molar-refractivity contribution is 0.775. The molecule has 94 valence electrons. The topological polar surface area (TPSA) is 17.8 Å². The Hall–Kier alpha value is -2.35. The van der Waals surface area contributed by atoms with E-state index in [2.05, 4.69) is 65.8 Å². The normalized spacial score (nSPS) is 10.6. The van der Waals surface area contributed by atoms with Crippen molar-refractivity contribution in [1.82, 2.24) is 9.78 Å². The van der Waals surface area contributed by atoms with Crippen LogP contribution in [-0.2, 0) is 13.5 Å². The Bertz CT molecular complexity index is 668. The number of hydrogen-bond acceptors (Lipinski definition) is 1. The molecule has 1 aromatic heterocycles. The first kappa shape index (κ1) is 11.7. The predicted octanol–water partition coefficient (Wildman–Crippen LogP) is 3.68. The largest absolute Gasteiger partial charge is 0.268 e. The quantitative estimate of drug-likeness (QED) is 0.691. The summed E-state index contributed by atoms with van der Waals surface area (Å²) in [6.07, 6.45) is 2.79. The Labute approximate surface area is 113 Å². The number of hydrogen-bond donors (Lipinski definition) is 0. The molecule has 0 saturated heterocycles. The summed E-state index contributed by atoms with van der Waals surface area (Å²) >= 11 is 0. The summed E-state index contributed by atoms with van der Waals surface area (Å²) in [4.78, 5) is 0. The van der Waals surface area contributed by atoms with Crippen LogP contribution in [0.15, 0.2) is 66.9 Å². The zero-order valence-electron chi connectivity index (χ0n) is 11.0. The summed E-state index contributed by atoms with van der Waals surface area (Å²) in [5, 5.41) is 4.26. The van der Waals surface area contributed by atoms with Gasteiger partial charge in [0, 0.05) is 18.8 Å². The minimum atomic E-state index is 0.947. The van der Waals surface area contributed by atoms with E-state index in [0.717, 1.165) is 12.1 Å². The van der Waals surface area contributed by atoms with Gasteiger partial charge < -0.3 is 0 Å². The van der Waals surface area contributed by atoms with Crippen LogP contribution in [0.1, 0.15) is 11.1 Å². The van der Waals surface area contributed by atoms with Crippen molar-refractivity contribution in [2.75, 3.05) is 0 Å². The maximum absolute atomic E-state index is 4.26. The van der Waals surface area contributed by atoms with Gasteiger partial charge in [0.15, 0.2) is 0 Å². The van der Waals surface area contributed by atoms with Gasteiger partial charge in [-0.2, -0.15) is 5.10 Å². The lowest BCUT2D eigenvalue weighted by Gasteiger charge is -2.10. The zero-order chi connectivity index (χ0) is 13.1. The van der Waals surface area contributed by atoms with Crippen LogP contribution in [0.25, 0.3) is 11.3 Å². The maximum Gasteiger partial charge on any atom is 0.0681 e. The van der Waals surface area contributed by atoms with Gasteiger partial charge in [-0.05, 0) is 23.6 Å². The van der Waals surface area contributed by atoms with E-state index in [0.29, 0.717) is 0 Å². The molecule has 3 rings (SSSR count). The standard InChI is InChI=1S/C17H16N2/c1-19-17(11-12-18-19)16-10-6-5-9-15(16)13-14-7-3-2-4-8-14/h2-12H,13H2,1H3. The molecule has 0 amide bonds. The van der Waals surface area contributed by atoms with Crippen molar-refractivity contribution < 1.29 is 0 Å². The minimum Gasteiger partial charge on any atom is -0.268 e. The minimum absolute atomic E-state index is 0.947. The van der Waals surface area contributed by atoms with Gasteiger partial charge in [0.1, 0.15) is 0 Å². The van der Waals surface area contributed by atoms with Gasteiger partial charge in [0.05, 0.1) is 5.69 Å². The summed E-state index contributed by atoms with van der Waals surface area (Å²) in [5.41, 5.74) is 5.08. The van der Waals surface area contributed by atoms with Crippen LogP contribution in [0.3, 0.4) is 0 Å². The Balaban J connectivity index is 2.01. The van der Waals surface area contributed by atoms with Crippen LogP contribution >= 0.6 is 0 Å². The van der Waals surface area contributed by atoms with Gasteiger partial charge in [-0.25, -0.2) is 0 Å². The molecule has 0 radical (unpaired) electrons. The van der Waals surface area contributed by atoms with Crippen molar-refractivity contribution >= 4 is 0 Å². The second-order valence-corrected chi connectivity index (χ2v) is 4.66. The van der Waals surface area contributed by atoms with Crippen LogP contribution in [-0.4, -0.2) is 9.78 Å². The van der Waals surface area contributed by atoms with Crippen molar-refractivity contribution in [3.8, 4) is 11.3 Å². The Kier molecular flexibility index (Phi) is 3.15. The van der Waals surface area contributed by atoms with Gasteiger partial charge in [0.2, 0.25) is 0 Å². The molecule has 2 heteroatoms. The summed E-state index contributed by atoms with van der Waals surface area (Å²) < 4.78 is 1.92. The summed E-state index contributed by atoms with van der Waals surface area (Å²) in [6, 6.07) is 21.1. The highest BCUT2D eigenvalue weighted by molar-refractivity contribution is 5.64. The highest BCUT2D eigenvalue weighted by Gasteiger charge is 2.08. The van der Waals surface area contributed by atoms with Crippen molar-refractivity contribution in [3.63, 3.8) is 0 Å². The number of nitrogens with zero attached hydrogens (tertiary/aromatic N) is 2.